The molecule has 3 aromatic carbocycles. The van der Waals surface area contributed by atoms with Crippen molar-refractivity contribution in [3.05, 3.63) is 83.4 Å². The minimum atomic E-state index is -3.92. The highest BCUT2D eigenvalue weighted by Gasteiger charge is 2.44. The zero-order valence-electron chi connectivity index (χ0n) is 21.9. The molecule has 0 saturated carbocycles. The molecule has 4 aliphatic rings. The largest absolute Gasteiger partial charge is 0.586 e. The predicted molar refractivity (Wildman–Crippen MR) is 147 cm³/mol. The first-order valence-electron chi connectivity index (χ1n) is 13.8. The molecule has 0 amide bonds. The number of aryl methyl sites for hydroxylation is 1. The maximum absolute atomic E-state index is 13.3. The zero-order valence-corrected chi connectivity index (χ0v) is 22.7. The van der Waals surface area contributed by atoms with Crippen LogP contribution in [-0.2, 0) is 22.9 Å². The van der Waals surface area contributed by atoms with E-state index in [4.69, 9.17) is 0 Å². The van der Waals surface area contributed by atoms with Gasteiger partial charge in [-0.2, -0.15) is 0 Å². The molecule has 210 valence electrons. The first-order chi connectivity index (χ1) is 19.2. The van der Waals surface area contributed by atoms with E-state index in [-0.39, 0.29) is 22.4 Å². The van der Waals surface area contributed by atoms with Crippen LogP contribution in [0.15, 0.2) is 71.6 Å². The van der Waals surface area contributed by atoms with Crippen LogP contribution in [0.5, 0.6) is 11.5 Å². The molecule has 10 heteroatoms. The Bertz CT molecular complexity index is 1530. The highest BCUT2D eigenvalue weighted by Crippen LogP contribution is 2.43. The van der Waals surface area contributed by atoms with Crippen LogP contribution < -0.4 is 19.1 Å². The predicted octanol–water partition coefficient (Wildman–Crippen LogP) is 4.52. The van der Waals surface area contributed by atoms with Crippen LogP contribution in [0.2, 0.25) is 0 Å². The lowest BCUT2D eigenvalue weighted by Gasteiger charge is -2.46. The van der Waals surface area contributed by atoms with Crippen LogP contribution in [0, 0.1) is 0 Å². The third-order valence-electron chi connectivity index (χ3n) is 8.61. The van der Waals surface area contributed by atoms with Crippen molar-refractivity contribution in [2.24, 2.45) is 0 Å². The van der Waals surface area contributed by atoms with Crippen molar-refractivity contribution < 1.29 is 26.7 Å². The number of sulfonamides is 1. The van der Waals surface area contributed by atoms with E-state index in [0.717, 1.165) is 24.6 Å². The first-order valence-corrected chi connectivity index (χ1v) is 15.3. The van der Waals surface area contributed by atoms with Crippen LogP contribution in [0.25, 0.3) is 0 Å². The van der Waals surface area contributed by atoms with Crippen LogP contribution in [0.3, 0.4) is 0 Å². The second kappa shape index (κ2) is 9.71. The molecule has 0 spiro atoms. The minimum Gasteiger partial charge on any atom is -0.395 e. The fourth-order valence-electron chi connectivity index (χ4n) is 6.43. The summed E-state index contributed by atoms with van der Waals surface area (Å²) in [6.45, 7) is 3.40. The number of hydrogen-bond donors (Lipinski definition) is 1. The topological polar surface area (TPSA) is 71.1 Å². The Hall–Kier alpha value is -3.21. The second-order valence-electron chi connectivity index (χ2n) is 11.2. The van der Waals surface area contributed by atoms with E-state index in [2.05, 4.69) is 72.5 Å². The van der Waals surface area contributed by atoms with Gasteiger partial charge in [0.15, 0.2) is 11.5 Å². The average Bonchev–Trinajstić information content (AvgIpc) is 3.19. The van der Waals surface area contributed by atoms with E-state index in [9.17, 15) is 17.2 Å². The van der Waals surface area contributed by atoms with Crippen LogP contribution in [0.4, 0.5) is 14.5 Å². The van der Waals surface area contributed by atoms with Crippen molar-refractivity contribution in [3.63, 3.8) is 0 Å². The number of nitrogens with zero attached hydrogens (tertiary/aromatic N) is 2. The monoisotopic (exact) mass is 567 g/mol. The summed E-state index contributed by atoms with van der Waals surface area (Å²) in [5.74, 6) is -0.0628. The number of benzene rings is 3. The third-order valence-corrected chi connectivity index (χ3v) is 10.1. The molecule has 3 heterocycles. The quantitative estimate of drug-likeness (QED) is 0.453. The number of nitrogens with one attached hydrogen (secondary N) is 1. The highest BCUT2D eigenvalue weighted by atomic mass is 32.2. The van der Waals surface area contributed by atoms with Gasteiger partial charge in [0.2, 0.25) is 10.0 Å². The van der Waals surface area contributed by atoms with Crippen LogP contribution >= 0.6 is 0 Å². The number of alkyl halides is 2. The molecule has 0 radical (unpaired) electrons. The van der Waals surface area contributed by atoms with E-state index in [1.807, 2.05) is 0 Å². The van der Waals surface area contributed by atoms with Crippen LogP contribution in [-0.4, -0.2) is 57.9 Å². The van der Waals surface area contributed by atoms with E-state index in [1.54, 1.807) is 0 Å². The first kappa shape index (κ1) is 25.7. The lowest BCUT2D eigenvalue weighted by atomic mass is 9.74. The van der Waals surface area contributed by atoms with Gasteiger partial charge in [0.1, 0.15) is 0 Å². The lowest BCUT2D eigenvalue weighted by Crippen LogP contribution is -2.59. The van der Waals surface area contributed by atoms with Gasteiger partial charge in [0.05, 0.1) is 10.9 Å². The number of ether oxygens (including phenoxy) is 2. The molecule has 3 aromatic rings. The summed E-state index contributed by atoms with van der Waals surface area (Å²) in [5.41, 5.74) is 5.27. The molecule has 40 heavy (non-hydrogen) atoms. The fraction of sp³-hybridized carbons (Fsp3) is 0.400. The SMILES string of the molecule is O=S(=O)(NC1CN(c2ccc3c(c2)[C@@H](Cc2ccccc2)[C@@H](N2CCC2)CC3)C1)c1ccc2c(c1)OC(F)(F)O2. The smallest absolute Gasteiger partial charge is 0.395 e. The van der Waals surface area contributed by atoms with Crippen molar-refractivity contribution in [2.75, 3.05) is 31.1 Å². The molecule has 2 fully saturated rings. The molecule has 0 bridgehead atoms. The van der Waals surface area contributed by atoms with Crippen molar-refractivity contribution in [1.29, 1.82) is 0 Å². The summed E-state index contributed by atoms with van der Waals surface area (Å²) in [7, 11) is -3.92. The molecule has 0 unspecified atom stereocenters. The van der Waals surface area contributed by atoms with Crippen LogP contribution in [0.1, 0.15) is 35.4 Å². The van der Waals surface area contributed by atoms with Gasteiger partial charge in [-0.15, -0.1) is 8.78 Å². The number of rotatable bonds is 7. The average molecular weight is 568 g/mol. The Balaban J connectivity index is 1.06. The summed E-state index contributed by atoms with van der Waals surface area (Å²) in [4.78, 5) is 4.68. The summed E-state index contributed by atoms with van der Waals surface area (Å²) in [5, 5.41) is 0. The summed E-state index contributed by atoms with van der Waals surface area (Å²) < 4.78 is 64.1. The number of fused-ring (bicyclic) bond motifs is 2. The maximum atomic E-state index is 13.3. The zero-order chi connectivity index (χ0) is 27.5. The summed E-state index contributed by atoms with van der Waals surface area (Å²) in [6, 6.07) is 21.1. The minimum absolute atomic E-state index is 0.138. The fourth-order valence-corrected chi connectivity index (χ4v) is 7.67. The van der Waals surface area contributed by atoms with E-state index in [0.29, 0.717) is 25.0 Å². The summed E-state index contributed by atoms with van der Waals surface area (Å²) >= 11 is 0. The van der Waals surface area contributed by atoms with Crippen molar-refractivity contribution in [3.8, 4) is 11.5 Å². The Labute approximate surface area is 232 Å². The normalized spacial score (nSPS) is 23.8. The second-order valence-corrected chi connectivity index (χ2v) is 12.9. The molecule has 7 nitrogen and oxygen atoms in total. The van der Waals surface area contributed by atoms with Gasteiger partial charge in [0.25, 0.3) is 0 Å². The van der Waals surface area contributed by atoms with Gasteiger partial charge in [-0.05, 0) is 79.7 Å². The van der Waals surface area contributed by atoms with Crippen molar-refractivity contribution in [2.45, 2.75) is 54.9 Å². The lowest BCUT2D eigenvalue weighted by molar-refractivity contribution is -0.286. The molecule has 0 aromatic heterocycles. The number of hydrogen-bond acceptors (Lipinski definition) is 6. The van der Waals surface area contributed by atoms with E-state index >= 15 is 0 Å². The van der Waals surface area contributed by atoms with E-state index in [1.165, 1.54) is 54.8 Å². The molecule has 2 saturated heterocycles. The van der Waals surface area contributed by atoms with Gasteiger partial charge in [-0.3, -0.25) is 4.90 Å². The molecular formula is C30H31F2N3O4S. The van der Waals surface area contributed by atoms with Gasteiger partial charge < -0.3 is 14.4 Å². The Morgan fingerprint density at radius 2 is 1.73 bits per heavy atom. The van der Waals surface area contributed by atoms with E-state index < -0.39 is 16.3 Å². The van der Waals surface area contributed by atoms with Crippen molar-refractivity contribution >= 4 is 15.7 Å². The highest BCUT2D eigenvalue weighted by molar-refractivity contribution is 7.89. The Kier molecular flexibility index (Phi) is 6.25. The van der Waals surface area contributed by atoms with Gasteiger partial charge in [-0.25, -0.2) is 13.1 Å². The molecule has 1 N–H and O–H groups in total. The summed E-state index contributed by atoms with van der Waals surface area (Å²) in [6.07, 6.45) is 0.728. The number of anilines is 1. The molecule has 3 aliphatic heterocycles. The number of halogens is 2. The van der Waals surface area contributed by atoms with Gasteiger partial charge in [0, 0.05) is 36.8 Å². The Morgan fingerprint density at radius 1 is 0.950 bits per heavy atom. The van der Waals surface area contributed by atoms with Gasteiger partial charge >= 0.3 is 6.29 Å². The maximum Gasteiger partial charge on any atom is 0.586 e. The standard InChI is InChI=1S/C30H31F2N3O4S/c31-30(32)38-28-12-10-24(17-29(28)39-30)40(36,37)33-22-18-35(19-22)23-9-7-21-8-11-27(34-13-4-14-34)26(25(21)16-23)15-20-5-2-1-3-6-20/h1-3,5-7,9-10,12,16-17,22,26-27,33H,4,8,11,13-15,18-19H2/t26-,27+/m1/s1. The molecular weight excluding hydrogens is 536 g/mol. The number of likely N-dealkylation sites (tertiary alicyclic amines) is 1. The molecule has 7 rings (SSSR count). The van der Waals surface area contributed by atoms with Gasteiger partial charge in [-0.1, -0.05) is 36.4 Å². The Morgan fingerprint density at radius 3 is 2.48 bits per heavy atom. The molecule has 2 atom stereocenters. The third kappa shape index (κ3) is 4.82. The molecule has 1 aliphatic carbocycles. The van der Waals surface area contributed by atoms with Crippen molar-refractivity contribution in [1.82, 2.24) is 9.62 Å².